The van der Waals surface area contributed by atoms with Gasteiger partial charge in [0.2, 0.25) is 0 Å². The third-order valence-electron chi connectivity index (χ3n) is 4.91. The lowest BCUT2D eigenvalue weighted by atomic mass is 9.52. The number of rotatable bonds is 1. The molecule has 0 radical (unpaired) electrons. The molecule has 4 bridgehead atoms. The van der Waals surface area contributed by atoms with Crippen LogP contribution in [0.1, 0.15) is 38.5 Å². The zero-order valence-corrected chi connectivity index (χ0v) is 10.8. The molecule has 0 unspecified atom stereocenters. The van der Waals surface area contributed by atoms with Crippen LogP contribution >= 0.6 is 15.9 Å². The van der Waals surface area contributed by atoms with Crippen LogP contribution in [-0.2, 0) is 0 Å². The molecule has 0 aliphatic heterocycles. The molecular weight excluding hydrogens is 238 g/mol. The van der Waals surface area contributed by atoms with E-state index in [0.29, 0.717) is 9.86 Å². The molecule has 4 aliphatic carbocycles. The van der Waals surface area contributed by atoms with Gasteiger partial charge in [0.25, 0.3) is 0 Å². The number of alkyl halides is 1. The van der Waals surface area contributed by atoms with Crippen molar-refractivity contribution in [2.45, 2.75) is 48.4 Å². The summed E-state index contributed by atoms with van der Waals surface area (Å²) >= 11 is 4.03. The van der Waals surface area contributed by atoms with Gasteiger partial charge in [-0.05, 0) is 64.5 Å². The predicted molar refractivity (Wildman–Crippen MR) is 62.8 cm³/mol. The van der Waals surface area contributed by atoms with E-state index in [1.54, 1.807) is 0 Å². The number of nitrogens with zero attached hydrogens (tertiary/aromatic N) is 1. The van der Waals surface area contributed by atoms with Crippen molar-refractivity contribution in [2.24, 2.45) is 11.8 Å². The highest BCUT2D eigenvalue weighted by Crippen LogP contribution is 2.61. The molecule has 4 saturated carbocycles. The first-order valence-corrected chi connectivity index (χ1v) is 6.67. The van der Waals surface area contributed by atoms with Crippen LogP contribution in [0.4, 0.5) is 0 Å². The first kappa shape index (κ1) is 9.65. The Bertz CT molecular complexity index is 247. The van der Waals surface area contributed by atoms with Gasteiger partial charge in [-0.15, -0.1) is 0 Å². The minimum Gasteiger partial charge on any atom is -0.304 e. The number of hydrogen-bond donors (Lipinski definition) is 0. The van der Waals surface area contributed by atoms with E-state index in [0.717, 1.165) is 11.8 Å². The molecule has 4 rings (SSSR count). The Morgan fingerprint density at radius 1 is 1.07 bits per heavy atom. The maximum Gasteiger partial charge on any atom is 0.0280 e. The SMILES string of the molecule is CN(C)C12C[C@H]3C[C@@H](CC(Br)(C3)C1)C2. The normalized spacial score (nSPS) is 55.7. The molecule has 80 valence electrons. The van der Waals surface area contributed by atoms with E-state index < -0.39 is 0 Å². The Balaban J connectivity index is 1.96. The topological polar surface area (TPSA) is 3.24 Å². The van der Waals surface area contributed by atoms with Crippen molar-refractivity contribution < 1.29 is 0 Å². The van der Waals surface area contributed by atoms with Crippen LogP contribution in [0.25, 0.3) is 0 Å². The maximum absolute atomic E-state index is 4.03. The molecule has 2 atom stereocenters. The van der Waals surface area contributed by atoms with E-state index >= 15 is 0 Å². The fraction of sp³-hybridized carbons (Fsp3) is 1.00. The molecule has 0 spiro atoms. The van der Waals surface area contributed by atoms with E-state index in [9.17, 15) is 0 Å². The molecule has 4 fully saturated rings. The van der Waals surface area contributed by atoms with Gasteiger partial charge < -0.3 is 4.90 Å². The minimum atomic E-state index is 0.515. The second kappa shape index (κ2) is 2.76. The lowest BCUT2D eigenvalue weighted by molar-refractivity contribution is -0.0549. The highest BCUT2D eigenvalue weighted by molar-refractivity contribution is 9.10. The molecule has 0 aromatic carbocycles. The van der Waals surface area contributed by atoms with Crippen LogP contribution in [0.3, 0.4) is 0 Å². The van der Waals surface area contributed by atoms with Crippen molar-refractivity contribution in [1.82, 2.24) is 4.90 Å². The van der Waals surface area contributed by atoms with E-state index in [1.807, 2.05) is 0 Å². The second-order valence-electron chi connectivity index (χ2n) is 6.23. The summed E-state index contributed by atoms with van der Waals surface area (Å²) in [4.78, 5) is 2.51. The maximum atomic E-state index is 4.03. The highest BCUT2D eigenvalue weighted by atomic mass is 79.9. The Labute approximate surface area is 95.4 Å². The first-order chi connectivity index (χ1) is 6.51. The fourth-order valence-electron chi connectivity index (χ4n) is 4.63. The van der Waals surface area contributed by atoms with Crippen LogP contribution in [-0.4, -0.2) is 28.9 Å². The number of hydrogen-bond acceptors (Lipinski definition) is 1. The number of halogens is 1. The second-order valence-corrected chi connectivity index (χ2v) is 7.91. The molecular formula is C12H20BrN. The predicted octanol–water partition coefficient (Wildman–Crippen LogP) is 3.03. The highest BCUT2D eigenvalue weighted by Gasteiger charge is 2.57. The summed E-state index contributed by atoms with van der Waals surface area (Å²) in [6.45, 7) is 0. The van der Waals surface area contributed by atoms with E-state index in [4.69, 9.17) is 0 Å². The van der Waals surface area contributed by atoms with Crippen molar-refractivity contribution in [2.75, 3.05) is 14.1 Å². The zero-order valence-electron chi connectivity index (χ0n) is 9.22. The van der Waals surface area contributed by atoms with Gasteiger partial charge >= 0.3 is 0 Å². The average Bonchev–Trinajstić information content (AvgIpc) is 1.98. The van der Waals surface area contributed by atoms with Crippen molar-refractivity contribution in [1.29, 1.82) is 0 Å². The Morgan fingerprint density at radius 3 is 2.07 bits per heavy atom. The fourth-order valence-corrected chi connectivity index (χ4v) is 6.06. The summed E-state index contributed by atoms with van der Waals surface area (Å²) in [6, 6.07) is 0. The lowest BCUT2D eigenvalue weighted by Crippen LogP contribution is -2.62. The standard InChI is InChI=1S/C12H20BrN/c1-14(2)12-6-9-3-10(7-12)5-11(13,4-9)8-12/h9-10H,3-8H2,1-2H3/t9-,10-,11?,12?/m0/s1. The molecule has 1 nitrogen and oxygen atoms in total. The molecule has 0 amide bonds. The average molecular weight is 258 g/mol. The third-order valence-corrected chi connectivity index (χ3v) is 5.84. The first-order valence-electron chi connectivity index (χ1n) is 5.88. The van der Waals surface area contributed by atoms with Gasteiger partial charge in [-0.2, -0.15) is 0 Å². The quantitative estimate of drug-likeness (QED) is 0.653. The summed E-state index contributed by atoms with van der Waals surface area (Å²) in [5.74, 6) is 2.02. The van der Waals surface area contributed by atoms with Gasteiger partial charge in [0.15, 0.2) is 0 Å². The van der Waals surface area contributed by atoms with Crippen LogP contribution < -0.4 is 0 Å². The Morgan fingerprint density at radius 2 is 1.64 bits per heavy atom. The van der Waals surface area contributed by atoms with Gasteiger partial charge in [0.1, 0.15) is 0 Å². The van der Waals surface area contributed by atoms with Gasteiger partial charge in [-0.1, -0.05) is 15.9 Å². The summed E-state index contributed by atoms with van der Waals surface area (Å²) in [5, 5.41) is 0. The monoisotopic (exact) mass is 257 g/mol. The summed E-state index contributed by atoms with van der Waals surface area (Å²) in [5.41, 5.74) is 0.549. The summed E-state index contributed by atoms with van der Waals surface area (Å²) < 4.78 is 0.515. The van der Waals surface area contributed by atoms with E-state index in [2.05, 4.69) is 34.9 Å². The lowest BCUT2D eigenvalue weighted by Gasteiger charge is -2.62. The molecule has 2 heteroatoms. The van der Waals surface area contributed by atoms with Crippen LogP contribution in [0, 0.1) is 11.8 Å². The van der Waals surface area contributed by atoms with Gasteiger partial charge in [-0.3, -0.25) is 0 Å². The molecule has 14 heavy (non-hydrogen) atoms. The van der Waals surface area contributed by atoms with Crippen LogP contribution in [0.5, 0.6) is 0 Å². The summed E-state index contributed by atoms with van der Waals surface area (Å²) in [7, 11) is 4.56. The van der Waals surface area contributed by atoms with Crippen molar-refractivity contribution in [3.8, 4) is 0 Å². The molecule has 0 N–H and O–H groups in total. The Hall–Kier alpha value is 0.440. The van der Waals surface area contributed by atoms with Gasteiger partial charge in [-0.25, -0.2) is 0 Å². The zero-order chi connectivity index (χ0) is 9.97. The minimum absolute atomic E-state index is 0.515. The summed E-state index contributed by atoms with van der Waals surface area (Å²) in [6.07, 6.45) is 8.72. The van der Waals surface area contributed by atoms with E-state index in [1.165, 1.54) is 38.5 Å². The smallest absolute Gasteiger partial charge is 0.0280 e. The van der Waals surface area contributed by atoms with Crippen molar-refractivity contribution in [3.05, 3.63) is 0 Å². The van der Waals surface area contributed by atoms with Crippen LogP contribution in [0.15, 0.2) is 0 Å². The third kappa shape index (κ3) is 1.23. The Kier molecular flexibility index (Phi) is 1.90. The molecule has 4 aliphatic rings. The van der Waals surface area contributed by atoms with Crippen LogP contribution in [0.2, 0.25) is 0 Å². The van der Waals surface area contributed by atoms with E-state index in [-0.39, 0.29) is 0 Å². The molecule has 0 heterocycles. The van der Waals surface area contributed by atoms with Crippen molar-refractivity contribution >= 4 is 15.9 Å². The molecule has 0 saturated heterocycles. The van der Waals surface area contributed by atoms with Crippen molar-refractivity contribution in [3.63, 3.8) is 0 Å². The largest absolute Gasteiger partial charge is 0.304 e. The van der Waals surface area contributed by atoms with Gasteiger partial charge in [0.05, 0.1) is 0 Å². The van der Waals surface area contributed by atoms with Gasteiger partial charge in [0, 0.05) is 9.86 Å². The molecule has 0 aromatic heterocycles. The molecule has 0 aromatic rings.